The van der Waals surface area contributed by atoms with Crippen molar-refractivity contribution < 1.29 is 18.6 Å². The molecule has 0 radical (unpaired) electrons. The highest BCUT2D eigenvalue weighted by Crippen LogP contribution is 2.54. The van der Waals surface area contributed by atoms with Crippen LogP contribution in [0.25, 0.3) is 0 Å². The maximum Gasteiger partial charge on any atom is 0.396 e. The van der Waals surface area contributed by atoms with Gasteiger partial charge in [-0.25, -0.2) is 13.9 Å². The Hall–Kier alpha value is -0.910. The summed E-state index contributed by atoms with van der Waals surface area (Å²) in [5.41, 5.74) is 1.15. The molecule has 22 heavy (non-hydrogen) atoms. The van der Waals surface area contributed by atoms with E-state index in [2.05, 4.69) is 0 Å². The standard InChI is InChI=1S/C15H23N2O4P/c1-14-2-4-15(5-3-14)21-22(18,16-6-10-19-11-7-16)17-8-12-20-13-9-17/h2-5H,6-13H2,1H3. The fourth-order valence-electron chi connectivity index (χ4n) is 2.64. The van der Waals surface area contributed by atoms with E-state index in [9.17, 15) is 4.57 Å². The van der Waals surface area contributed by atoms with Crippen molar-refractivity contribution in [2.75, 3.05) is 52.6 Å². The van der Waals surface area contributed by atoms with Gasteiger partial charge in [-0.05, 0) is 19.1 Å². The average Bonchev–Trinajstić information content (AvgIpc) is 2.58. The van der Waals surface area contributed by atoms with Crippen molar-refractivity contribution >= 4 is 7.67 Å². The summed E-state index contributed by atoms with van der Waals surface area (Å²) < 4.78 is 34.4. The first-order chi connectivity index (χ1) is 10.7. The Morgan fingerprint density at radius 3 is 1.82 bits per heavy atom. The molecule has 7 heteroatoms. The number of hydrogen-bond donors (Lipinski definition) is 0. The normalized spacial score (nSPS) is 21.7. The summed E-state index contributed by atoms with van der Waals surface area (Å²) in [6, 6.07) is 7.70. The van der Waals surface area contributed by atoms with Crippen LogP contribution in [0.1, 0.15) is 5.56 Å². The van der Waals surface area contributed by atoms with Crippen molar-refractivity contribution in [2.45, 2.75) is 6.92 Å². The van der Waals surface area contributed by atoms with Gasteiger partial charge in [0, 0.05) is 26.2 Å². The topological polar surface area (TPSA) is 51.2 Å². The predicted octanol–water partition coefficient (Wildman–Crippen LogP) is 2.15. The lowest BCUT2D eigenvalue weighted by Gasteiger charge is -2.40. The summed E-state index contributed by atoms with van der Waals surface area (Å²) in [5, 5.41) is 0. The highest BCUT2D eigenvalue weighted by atomic mass is 31.2. The zero-order valence-corrected chi connectivity index (χ0v) is 13.8. The summed E-state index contributed by atoms with van der Waals surface area (Å²) in [7, 11) is -3.10. The van der Waals surface area contributed by atoms with Gasteiger partial charge >= 0.3 is 7.67 Å². The molecule has 0 unspecified atom stereocenters. The van der Waals surface area contributed by atoms with Crippen LogP contribution in [0.5, 0.6) is 5.75 Å². The number of benzene rings is 1. The molecule has 0 saturated carbocycles. The van der Waals surface area contributed by atoms with Gasteiger partial charge in [0.1, 0.15) is 5.75 Å². The fourth-order valence-corrected chi connectivity index (χ4v) is 4.97. The number of morpholine rings is 2. The lowest BCUT2D eigenvalue weighted by Crippen LogP contribution is -2.44. The summed E-state index contributed by atoms with van der Waals surface area (Å²) in [5.74, 6) is 0.645. The number of aryl methyl sites for hydroxylation is 1. The largest absolute Gasteiger partial charge is 0.422 e. The lowest BCUT2D eigenvalue weighted by molar-refractivity contribution is 0.0446. The molecule has 2 aliphatic heterocycles. The Bertz CT molecular complexity index is 503. The molecular weight excluding hydrogens is 303 g/mol. The van der Waals surface area contributed by atoms with Gasteiger partial charge in [0.25, 0.3) is 0 Å². The van der Waals surface area contributed by atoms with E-state index in [0.717, 1.165) is 5.56 Å². The van der Waals surface area contributed by atoms with Gasteiger partial charge in [0.2, 0.25) is 0 Å². The van der Waals surface area contributed by atoms with E-state index in [-0.39, 0.29) is 0 Å². The van der Waals surface area contributed by atoms with Crippen molar-refractivity contribution in [1.29, 1.82) is 0 Å². The second-order valence-corrected chi connectivity index (χ2v) is 7.82. The third-order valence-corrected chi connectivity index (χ3v) is 6.61. The molecule has 2 saturated heterocycles. The van der Waals surface area contributed by atoms with Gasteiger partial charge in [-0.1, -0.05) is 17.7 Å². The number of rotatable bonds is 4. The molecule has 6 nitrogen and oxygen atoms in total. The Kier molecular flexibility index (Phi) is 5.16. The van der Waals surface area contributed by atoms with Crippen LogP contribution in [-0.4, -0.2) is 61.9 Å². The average molecular weight is 326 g/mol. The van der Waals surface area contributed by atoms with Crippen LogP contribution in [0.15, 0.2) is 24.3 Å². The van der Waals surface area contributed by atoms with Gasteiger partial charge in [-0.2, -0.15) is 0 Å². The number of nitrogens with zero attached hydrogens (tertiary/aromatic N) is 2. The van der Waals surface area contributed by atoms with Crippen molar-refractivity contribution in [3.8, 4) is 5.75 Å². The van der Waals surface area contributed by atoms with Gasteiger partial charge in [-0.3, -0.25) is 0 Å². The predicted molar refractivity (Wildman–Crippen MR) is 84.2 cm³/mol. The molecule has 0 N–H and O–H groups in total. The summed E-state index contributed by atoms with van der Waals surface area (Å²) in [4.78, 5) is 0. The Morgan fingerprint density at radius 1 is 0.909 bits per heavy atom. The fraction of sp³-hybridized carbons (Fsp3) is 0.600. The van der Waals surface area contributed by atoms with Gasteiger partial charge < -0.3 is 14.0 Å². The first-order valence-corrected chi connectivity index (χ1v) is 9.24. The third-order valence-electron chi connectivity index (χ3n) is 3.94. The summed E-state index contributed by atoms with van der Waals surface area (Å²) in [6.45, 7) is 6.88. The molecule has 0 aliphatic carbocycles. The maximum absolute atomic E-state index is 13.7. The second-order valence-electron chi connectivity index (χ2n) is 5.53. The molecule has 2 aliphatic rings. The van der Waals surface area contributed by atoms with E-state index in [1.807, 2.05) is 40.5 Å². The lowest BCUT2D eigenvalue weighted by atomic mass is 10.2. The summed E-state index contributed by atoms with van der Waals surface area (Å²) >= 11 is 0. The van der Waals surface area contributed by atoms with E-state index < -0.39 is 7.67 Å². The minimum absolute atomic E-state index is 0.589. The zero-order chi connectivity index (χ0) is 15.4. The van der Waals surface area contributed by atoms with E-state index in [1.165, 1.54) is 0 Å². The van der Waals surface area contributed by atoms with E-state index in [4.69, 9.17) is 14.0 Å². The van der Waals surface area contributed by atoms with Gasteiger partial charge in [-0.15, -0.1) is 0 Å². The minimum Gasteiger partial charge on any atom is -0.422 e. The molecule has 3 rings (SSSR count). The number of ether oxygens (including phenoxy) is 2. The molecule has 0 amide bonds. The van der Waals surface area contributed by atoms with Crippen LogP contribution in [0.4, 0.5) is 0 Å². The molecule has 122 valence electrons. The minimum atomic E-state index is -3.10. The van der Waals surface area contributed by atoms with Gasteiger partial charge in [0.05, 0.1) is 26.4 Å². The highest BCUT2D eigenvalue weighted by Gasteiger charge is 2.41. The van der Waals surface area contributed by atoms with Crippen LogP contribution < -0.4 is 4.52 Å². The molecule has 0 spiro atoms. The van der Waals surface area contributed by atoms with E-state index in [0.29, 0.717) is 58.4 Å². The van der Waals surface area contributed by atoms with Crippen LogP contribution in [0.2, 0.25) is 0 Å². The molecular formula is C15H23N2O4P. The first-order valence-electron chi connectivity index (χ1n) is 7.71. The molecule has 0 bridgehead atoms. The summed E-state index contributed by atoms with van der Waals surface area (Å²) in [6.07, 6.45) is 0. The smallest absolute Gasteiger partial charge is 0.396 e. The Morgan fingerprint density at radius 2 is 1.36 bits per heavy atom. The van der Waals surface area contributed by atoms with E-state index >= 15 is 0 Å². The monoisotopic (exact) mass is 326 g/mol. The maximum atomic E-state index is 13.7. The molecule has 2 fully saturated rings. The van der Waals surface area contributed by atoms with Gasteiger partial charge in [0.15, 0.2) is 0 Å². The molecule has 2 heterocycles. The Balaban J connectivity index is 1.83. The van der Waals surface area contributed by atoms with Crippen LogP contribution in [-0.2, 0) is 14.0 Å². The van der Waals surface area contributed by atoms with Crippen LogP contribution in [0, 0.1) is 6.92 Å². The highest BCUT2D eigenvalue weighted by molar-refractivity contribution is 7.54. The molecule has 1 aromatic rings. The SMILES string of the molecule is Cc1ccc(OP(=O)(N2CCOCC2)N2CCOCC2)cc1. The molecule has 0 aromatic heterocycles. The van der Waals surface area contributed by atoms with Crippen LogP contribution >= 0.6 is 7.67 Å². The molecule has 0 atom stereocenters. The first kappa shape index (κ1) is 16.0. The van der Waals surface area contributed by atoms with Crippen molar-refractivity contribution in [3.63, 3.8) is 0 Å². The van der Waals surface area contributed by atoms with Crippen molar-refractivity contribution in [3.05, 3.63) is 29.8 Å². The third kappa shape index (κ3) is 3.53. The van der Waals surface area contributed by atoms with E-state index in [1.54, 1.807) is 0 Å². The Labute approximate surface area is 131 Å². The second kappa shape index (κ2) is 7.11. The quantitative estimate of drug-likeness (QED) is 0.790. The zero-order valence-electron chi connectivity index (χ0n) is 12.9. The van der Waals surface area contributed by atoms with Crippen LogP contribution in [0.3, 0.4) is 0 Å². The number of hydrogen-bond acceptors (Lipinski definition) is 4. The van der Waals surface area contributed by atoms with Crippen molar-refractivity contribution in [2.24, 2.45) is 0 Å². The molecule has 1 aromatic carbocycles. The van der Waals surface area contributed by atoms with Crippen molar-refractivity contribution in [1.82, 2.24) is 9.34 Å².